The third-order valence-electron chi connectivity index (χ3n) is 5.79. The number of benzene rings is 1. The van der Waals surface area contributed by atoms with E-state index in [1.807, 2.05) is 6.07 Å². The van der Waals surface area contributed by atoms with Crippen LogP contribution in [-0.4, -0.2) is 24.3 Å². The van der Waals surface area contributed by atoms with Gasteiger partial charge in [0.2, 0.25) is 0 Å². The van der Waals surface area contributed by atoms with E-state index in [0.717, 1.165) is 12.0 Å². The van der Waals surface area contributed by atoms with Gasteiger partial charge in [0.1, 0.15) is 0 Å². The van der Waals surface area contributed by atoms with Crippen LogP contribution in [-0.2, 0) is 4.79 Å². The molecule has 1 atom stereocenters. The molecular weight excluding hydrogens is 425 g/mol. The normalized spacial score (nSPS) is 19.1. The Balaban J connectivity index is 2.23. The summed E-state index contributed by atoms with van der Waals surface area (Å²) < 4.78 is 6.89. The first-order valence-electron chi connectivity index (χ1n) is 10.7. The average Bonchev–Trinajstić information content (AvgIpc) is 3.04. The molecule has 0 aliphatic carbocycles. The molecule has 0 spiro atoms. The van der Waals surface area contributed by atoms with Crippen molar-refractivity contribution in [2.75, 3.05) is 0 Å². The van der Waals surface area contributed by atoms with Gasteiger partial charge in [-0.05, 0) is 0 Å². The number of amides is 1. The molecule has 1 heterocycles. The molecule has 3 heteroatoms. The van der Waals surface area contributed by atoms with Crippen molar-refractivity contribution in [3.05, 3.63) is 45.6 Å². The molecule has 0 unspecified atom stereocenters. The van der Waals surface area contributed by atoms with Crippen LogP contribution in [0.5, 0.6) is 0 Å². The van der Waals surface area contributed by atoms with E-state index < -0.39 is 18.4 Å². The Morgan fingerprint density at radius 2 is 1.50 bits per heavy atom. The number of carbonyl (C=O) groups is 1. The Bertz CT molecular complexity index is 559. The minimum atomic E-state index is -2.40. The number of nitrogens with one attached hydrogen (secondary N) is 1. The number of hydrogen-bond acceptors (Lipinski definition) is 1. The van der Waals surface area contributed by atoms with E-state index in [4.69, 9.17) is 0 Å². The van der Waals surface area contributed by atoms with Crippen molar-refractivity contribution in [1.29, 1.82) is 0 Å². The molecule has 2 rings (SSSR count). The predicted octanol–water partition coefficient (Wildman–Crippen LogP) is 6.56. The Morgan fingerprint density at radius 1 is 0.962 bits per heavy atom. The molecular formula is C23H37NOSn. The standard InChI is InChI=1S/C11H10NO.3C4H9.Sn/c1-8-7-10(12-11(8)13)9-5-3-2-4-6-9;3*1-3-4-2;/h1-6,10H,7H2,(H,12,13);3*1,3-4H2,2H3;/t10-;;;;/m0..../s1. The second-order valence-corrected chi connectivity index (χ2v) is 20.9. The summed E-state index contributed by atoms with van der Waals surface area (Å²) >= 11 is -2.40. The van der Waals surface area contributed by atoms with Crippen LogP contribution in [0.25, 0.3) is 0 Å². The van der Waals surface area contributed by atoms with Gasteiger partial charge in [-0.25, -0.2) is 0 Å². The maximum atomic E-state index is 12.7. The van der Waals surface area contributed by atoms with Crippen LogP contribution in [0.15, 0.2) is 40.0 Å². The fourth-order valence-corrected chi connectivity index (χ4v) is 19.4. The van der Waals surface area contributed by atoms with Gasteiger partial charge < -0.3 is 0 Å². The summed E-state index contributed by atoms with van der Waals surface area (Å²) in [4.78, 5) is 12.7. The molecule has 0 aromatic heterocycles. The topological polar surface area (TPSA) is 29.1 Å². The first-order valence-corrected chi connectivity index (χ1v) is 18.4. The second kappa shape index (κ2) is 11.2. The van der Waals surface area contributed by atoms with Crippen molar-refractivity contribution >= 4 is 24.3 Å². The number of hydrogen-bond donors (Lipinski definition) is 1. The third-order valence-corrected chi connectivity index (χ3v) is 20.1. The van der Waals surface area contributed by atoms with Crippen LogP contribution >= 0.6 is 0 Å². The molecule has 1 N–H and O–H groups in total. The molecule has 0 radical (unpaired) electrons. The fourth-order valence-electron chi connectivity index (χ4n) is 4.17. The quantitative estimate of drug-likeness (QED) is 0.293. The summed E-state index contributed by atoms with van der Waals surface area (Å²) in [5.41, 5.74) is 2.35. The van der Waals surface area contributed by atoms with Crippen LogP contribution in [0.3, 0.4) is 0 Å². The van der Waals surface area contributed by atoms with Gasteiger partial charge in [-0.15, -0.1) is 0 Å². The molecule has 144 valence electrons. The van der Waals surface area contributed by atoms with Crippen LogP contribution in [0.4, 0.5) is 0 Å². The van der Waals surface area contributed by atoms with E-state index >= 15 is 0 Å². The third kappa shape index (κ3) is 6.14. The fraction of sp³-hybridized carbons (Fsp3) is 0.609. The monoisotopic (exact) mass is 463 g/mol. The zero-order valence-corrected chi connectivity index (χ0v) is 19.9. The van der Waals surface area contributed by atoms with Crippen molar-refractivity contribution in [2.24, 2.45) is 0 Å². The molecule has 1 fully saturated rings. The SMILES string of the molecule is CCC[CH2][Sn]([CH]=C1C[C@@H](c2ccccc2)NC1=O)([CH2]CCC)[CH2]CCC. The Labute approximate surface area is 164 Å². The number of carbonyl (C=O) groups excluding carboxylic acids is 1. The van der Waals surface area contributed by atoms with Crippen molar-refractivity contribution in [2.45, 2.75) is 85.1 Å². The molecule has 1 aromatic carbocycles. The maximum absolute atomic E-state index is 12.7. The molecule has 1 aromatic rings. The van der Waals surface area contributed by atoms with Crippen molar-refractivity contribution < 1.29 is 4.79 Å². The van der Waals surface area contributed by atoms with E-state index in [1.165, 1.54) is 57.4 Å². The van der Waals surface area contributed by atoms with Gasteiger partial charge in [-0.2, -0.15) is 0 Å². The van der Waals surface area contributed by atoms with E-state index in [1.54, 1.807) is 0 Å². The zero-order chi connectivity index (χ0) is 18.8. The van der Waals surface area contributed by atoms with Gasteiger partial charge in [-0.3, -0.25) is 0 Å². The molecule has 1 amide bonds. The van der Waals surface area contributed by atoms with E-state index in [2.05, 4.69) is 54.4 Å². The Kier molecular flexibility index (Phi) is 9.24. The second-order valence-electron chi connectivity index (χ2n) is 7.98. The predicted molar refractivity (Wildman–Crippen MR) is 115 cm³/mol. The molecule has 0 saturated carbocycles. The van der Waals surface area contributed by atoms with Gasteiger partial charge in [-0.1, -0.05) is 0 Å². The first kappa shape index (κ1) is 21.5. The van der Waals surface area contributed by atoms with Crippen LogP contribution in [0, 0.1) is 0 Å². The zero-order valence-electron chi connectivity index (χ0n) is 17.0. The van der Waals surface area contributed by atoms with Crippen molar-refractivity contribution in [3.8, 4) is 0 Å². The van der Waals surface area contributed by atoms with Crippen molar-refractivity contribution in [1.82, 2.24) is 5.32 Å². The summed E-state index contributed by atoms with van der Waals surface area (Å²) in [5, 5.41) is 3.24. The molecule has 1 aliphatic rings. The molecule has 2 nitrogen and oxygen atoms in total. The summed E-state index contributed by atoms with van der Waals surface area (Å²) in [7, 11) is 0. The number of unbranched alkanes of at least 4 members (excludes halogenated alkanes) is 3. The molecule has 26 heavy (non-hydrogen) atoms. The molecule has 1 saturated heterocycles. The summed E-state index contributed by atoms with van der Waals surface area (Å²) in [6.07, 6.45) is 8.74. The molecule has 1 aliphatic heterocycles. The van der Waals surface area contributed by atoms with Gasteiger partial charge in [0, 0.05) is 0 Å². The van der Waals surface area contributed by atoms with Crippen LogP contribution in [0.1, 0.15) is 77.3 Å². The Hall–Kier alpha value is -0.771. The van der Waals surface area contributed by atoms with E-state index in [9.17, 15) is 4.79 Å². The van der Waals surface area contributed by atoms with Crippen LogP contribution < -0.4 is 5.32 Å². The average molecular weight is 462 g/mol. The summed E-state index contributed by atoms with van der Waals surface area (Å²) in [6.45, 7) is 6.91. The van der Waals surface area contributed by atoms with Crippen molar-refractivity contribution in [3.63, 3.8) is 0 Å². The van der Waals surface area contributed by atoms with Gasteiger partial charge in [0.15, 0.2) is 0 Å². The first-order chi connectivity index (χ1) is 12.6. The van der Waals surface area contributed by atoms with Gasteiger partial charge >= 0.3 is 165 Å². The summed E-state index contributed by atoms with van der Waals surface area (Å²) in [5.74, 6) is 0.199. The summed E-state index contributed by atoms with van der Waals surface area (Å²) in [6, 6.07) is 10.6. The molecule has 0 bridgehead atoms. The number of rotatable bonds is 11. The van der Waals surface area contributed by atoms with Crippen LogP contribution in [0.2, 0.25) is 13.3 Å². The van der Waals surface area contributed by atoms with Gasteiger partial charge in [0.05, 0.1) is 0 Å². The van der Waals surface area contributed by atoms with Gasteiger partial charge in [0.25, 0.3) is 0 Å². The minimum absolute atomic E-state index is 0.169. The Morgan fingerprint density at radius 3 is 2.00 bits per heavy atom. The van der Waals surface area contributed by atoms with E-state index in [-0.39, 0.29) is 11.9 Å². The van der Waals surface area contributed by atoms with E-state index in [0.29, 0.717) is 0 Å².